The van der Waals surface area contributed by atoms with Crippen molar-refractivity contribution in [3.63, 3.8) is 0 Å². The van der Waals surface area contributed by atoms with E-state index < -0.39 is 0 Å². The highest BCUT2D eigenvalue weighted by molar-refractivity contribution is 8.27. The van der Waals surface area contributed by atoms with E-state index >= 15 is 0 Å². The monoisotopic (exact) mass is 374 g/mol. The van der Waals surface area contributed by atoms with E-state index in [1.54, 1.807) is 12.1 Å². The quantitative estimate of drug-likeness (QED) is 0.568. The first kappa shape index (κ1) is 17.0. The largest absolute Gasteiger partial charge is 0.378 e. The predicted molar refractivity (Wildman–Crippen MR) is 108 cm³/mol. The molecule has 1 saturated heterocycles. The lowest BCUT2D eigenvalue weighted by atomic mass is 10.2. The van der Waals surface area contributed by atoms with Crippen molar-refractivity contribution in [2.24, 2.45) is 0 Å². The molecule has 2 aromatic carbocycles. The number of carbonyl (C=O) groups is 1. The lowest BCUT2D eigenvalue weighted by Crippen LogP contribution is -2.27. The number of hydrogen-bond acceptors (Lipinski definition) is 4. The third-order valence-corrected chi connectivity index (χ3v) is 5.22. The van der Waals surface area contributed by atoms with Crippen LogP contribution < -0.4 is 9.80 Å². The van der Waals surface area contributed by atoms with E-state index in [4.69, 9.17) is 23.8 Å². The van der Waals surface area contributed by atoms with Gasteiger partial charge in [-0.2, -0.15) is 0 Å². The third kappa shape index (κ3) is 3.34. The van der Waals surface area contributed by atoms with Crippen molar-refractivity contribution in [1.82, 2.24) is 0 Å². The van der Waals surface area contributed by atoms with E-state index in [1.807, 2.05) is 61.5 Å². The average Bonchev–Trinajstić information content (AvgIpc) is 2.83. The Bertz CT molecular complexity index is 831. The normalized spacial score (nSPS) is 16.1. The van der Waals surface area contributed by atoms with Crippen LogP contribution in [0.1, 0.15) is 5.56 Å². The molecule has 1 aliphatic rings. The molecule has 1 fully saturated rings. The van der Waals surface area contributed by atoms with Gasteiger partial charge in [-0.3, -0.25) is 9.69 Å². The fourth-order valence-corrected chi connectivity index (χ4v) is 3.83. The summed E-state index contributed by atoms with van der Waals surface area (Å²) in [6.45, 7) is 0. The van der Waals surface area contributed by atoms with Crippen LogP contribution in [0.2, 0.25) is 5.02 Å². The summed E-state index contributed by atoms with van der Waals surface area (Å²) in [5, 5.41) is 0.505. The Balaban J connectivity index is 1.90. The molecule has 0 saturated carbocycles. The number of para-hydroxylation sites is 1. The van der Waals surface area contributed by atoms with Gasteiger partial charge in [-0.15, -0.1) is 0 Å². The molecular weight excluding hydrogens is 360 g/mol. The van der Waals surface area contributed by atoms with Crippen molar-refractivity contribution in [2.75, 3.05) is 23.9 Å². The topological polar surface area (TPSA) is 23.6 Å². The molecular formula is C18H15ClN2OS2. The molecule has 1 amide bonds. The molecule has 0 N–H and O–H groups in total. The first-order valence-electron chi connectivity index (χ1n) is 7.27. The molecule has 0 bridgehead atoms. The molecule has 2 aromatic rings. The van der Waals surface area contributed by atoms with E-state index in [9.17, 15) is 4.79 Å². The summed E-state index contributed by atoms with van der Waals surface area (Å²) in [4.78, 5) is 16.8. The molecule has 0 unspecified atom stereocenters. The summed E-state index contributed by atoms with van der Waals surface area (Å²) >= 11 is 12.9. The Kier molecular flexibility index (Phi) is 4.94. The van der Waals surface area contributed by atoms with Gasteiger partial charge in [0, 0.05) is 19.8 Å². The molecule has 0 aromatic heterocycles. The van der Waals surface area contributed by atoms with Crippen molar-refractivity contribution in [3.05, 3.63) is 64.0 Å². The summed E-state index contributed by atoms with van der Waals surface area (Å²) in [5.74, 6) is -0.144. The van der Waals surface area contributed by atoms with Crippen molar-refractivity contribution < 1.29 is 4.79 Å². The van der Waals surface area contributed by atoms with E-state index in [0.29, 0.717) is 19.9 Å². The maximum atomic E-state index is 12.7. The number of thioether (sulfide) groups is 1. The van der Waals surface area contributed by atoms with Gasteiger partial charge in [-0.1, -0.05) is 59.8 Å². The summed E-state index contributed by atoms with van der Waals surface area (Å²) in [7, 11) is 3.98. The van der Waals surface area contributed by atoms with Gasteiger partial charge >= 0.3 is 0 Å². The highest BCUT2D eigenvalue weighted by atomic mass is 35.5. The van der Waals surface area contributed by atoms with Crippen LogP contribution in [0.4, 0.5) is 11.4 Å². The van der Waals surface area contributed by atoms with Crippen molar-refractivity contribution in [1.29, 1.82) is 0 Å². The first-order chi connectivity index (χ1) is 11.5. The molecule has 3 nitrogen and oxygen atoms in total. The van der Waals surface area contributed by atoms with Gasteiger partial charge in [0.15, 0.2) is 4.32 Å². The van der Waals surface area contributed by atoms with Crippen molar-refractivity contribution in [3.8, 4) is 0 Å². The second-order valence-corrected chi connectivity index (χ2v) is 7.54. The minimum atomic E-state index is -0.144. The second-order valence-electron chi connectivity index (χ2n) is 5.45. The molecule has 0 radical (unpaired) electrons. The van der Waals surface area contributed by atoms with Gasteiger partial charge < -0.3 is 4.90 Å². The Hall–Kier alpha value is -1.82. The predicted octanol–water partition coefficient (Wildman–Crippen LogP) is 4.81. The Morgan fingerprint density at radius 1 is 1.12 bits per heavy atom. The fourth-order valence-electron chi connectivity index (χ4n) is 2.33. The molecule has 6 heteroatoms. The van der Waals surface area contributed by atoms with Crippen molar-refractivity contribution in [2.45, 2.75) is 0 Å². The standard InChI is InChI=1S/C18H15ClN2OS2/c1-20(2)13-9-7-12(8-10-13)11-16-17(22)21(18(23)24-16)15-6-4-3-5-14(15)19/h3-11H,1-2H3/b16-11+. The minimum Gasteiger partial charge on any atom is -0.378 e. The van der Waals surface area contributed by atoms with Crippen LogP contribution in [0, 0.1) is 0 Å². The van der Waals surface area contributed by atoms with E-state index in [-0.39, 0.29) is 5.91 Å². The van der Waals surface area contributed by atoms with Gasteiger partial charge in [0.25, 0.3) is 5.91 Å². The fraction of sp³-hybridized carbons (Fsp3) is 0.111. The highest BCUT2D eigenvalue weighted by Crippen LogP contribution is 2.38. The number of rotatable bonds is 3. The SMILES string of the molecule is CN(C)c1ccc(/C=C2/SC(=S)N(c3ccccc3Cl)C2=O)cc1. The summed E-state index contributed by atoms with van der Waals surface area (Å²) in [5.41, 5.74) is 2.68. The molecule has 122 valence electrons. The second kappa shape index (κ2) is 6.97. The molecule has 3 rings (SSSR count). The van der Waals surface area contributed by atoms with Crippen LogP contribution in [-0.2, 0) is 4.79 Å². The summed E-state index contributed by atoms with van der Waals surface area (Å²) in [6, 6.07) is 15.2. The summed E-state index contributed by atoms with van der Waals surface area (Å²) in [6.07, 6.45) is 1.86. The lowest BCUT2D eigenvalue weighted by molar-refractivity contribution is -0.113. The molecule has 0 atom stereocenters. The molecule has 0 aliphatic carbocycles. The zero-order valence-corrected chi connectivity index (χ0v) is 15.6. The van der Waals surface area contributed by atoms with E-state index in [1.165, 1.54) is 16.7 Å². The zero-order valence-electron chi connectivity index (χ0n) is 13.2. The number of amides is 1. The van der Waals surface area contributed by atoms with Crippen LogP contribution in [0.3, 0.4) is 0 Å². The molecule has 0 spiro atoms. The number of nitrogens with zero attached hydrogens (tertiary/aromatic N) is 2. The first-order valence-corrected chi connectivity index (χ1v) is 8.87. The zero-order chi connectivity index (χ0) is 17.3. The van der Waals surface area contributed by atoms with Crippen molar-refractivity contribution >= 4 is 63.3 Å². The lowest BCUT2D eigenvalue weighted by Gasteiger charge is -2.15. The molecule has 1 aliphatic heterocycles. The summed E-state index contributed by atoms with van der Waals surface area (Å²) < 4.78 is 0.490. The van der Waals surface area contributed by atoms with E-state index in [0.717, 1.165) is 11.3 Å². The third-order valence-electron chi connectivity index (χ3n) is 3.59. The van der Waals surface area contributed by atoms with Crippen LogP contribution in [0.15, 0.2) is 53.4 Å². The number of benzene rings is 2. The van der Waals surface area contributed by atoms with Gasteiger partial charge in [0.05, 0.1) is 15.6 Å². The van der Waals surface area contributed by atoms with Gasteiger partial charge in [-0.05, 0) is 35.9 Å². The van der Waals surface area contributed by atoms with Crippen LogP contribution in [0.25, 0.3) is 6.08 Å². The van der Waals surface area contributed by atoms with Crippen LogP contribution in [-0.4, -0.2) is 24.3 Å². The Morgan fingerprint density at radius 3 is 2.42 bits per heavy atom. The number of anilines is 2. The van der Waals surface area contributed by atoms with Gasteiger partial charge in [-0.25, -0.2) is 0 Å². The van der Waals surface area contributed by atoms with Gasteiger partial charge in [0.1, 0.15) is 0 Å². The number of carbonyl (C=O) groups excluding carboxylic acids is 1. The number of halogens is 1. The number of hydrogen-bond donors (Lipinski definition) is 0. The Labute approximate surface area is 155 Å². The Morgan fingerprint density at radius 2 is 1.79 bits per heavy atom. The highest BCUT2D eigenvalue weighted by Gasteiger charge is 2.34. The van der Waals surface area contributed by atoms with E-state index in [2.05, 4.69) is 0 Å². The number of thiocarbonyl (C=S) groups is 1. The maximum absolute atomic E-state index is 12.7. The van der Waals surface area contributed by atoms with Crippen LogP contribution >= 0.6 is 35.6 Å². The average molecular weight is 375 g/mol. The minimum absolute atomic E-state index is 0.144. The van der Waals surface area contributed by atoms with Crippen LogP contribution in [0.5, 0.6) is 0 Å². The maximum Gasteiger partial charge on any atom is 0.270 e. The molecule has 1 heterocycles. The smallest absolute Gasteiger partial charge is 0.270 e. The molecule has 24 heavy (non-hydrogen) atoms. The van der Waals surface area contributed by atoms with Gasteiger partial charge in [0.2, 0.25) is 0 Å².